The van der Waals surface area contributed by atoms with Gasteiger partial charge in [-0.1, -0.05) is 42.5 Å². The molecular formula is C20H18FN3O5. The second kappa shape index (κ2) is 7.70. The zero-order chi connectivity index (χ0) is 21.2. The van der Waals surface area contributed by atoms with E-state index in [2.05, 4.69) is 10.6 Å². The van der Waals surface area contributed by atoms with Gasteiger partial charge in [-0.05, 0) is 30.2 Å². The van der Waals surface area contributed by atoms with Gasteiger partial charge >= 0.3 is 12.0 Å². The van der Waals surface area contributed by atoms with Crippen LogP contribution in [-0.2, 0) is 19.9 Å². The van der Waals surface area contributed by atoms with Gasteiger partial charge in [0.05, 0.1) is 0 Å². The highest BCUT2D eigenvalue weighted by Gasteiger charge is 2.49. The number of aliphatic carboxylic acids is 1. The van der Waals surface area contributed by atoms with Crippen LogP contribution in [0.5, 0.6) is 0 Å². The molecule has 150 valence electrons. The van der Waals surface area contributed by atoms with E-state index in [0.29, 0.717) is 16.0 Å². The van der Waals surface area contributed by atoms with Crippen LogP contribution < -0.4 is 10.6 Å². The lowest BCUT2D eigenvalue weighted by molar-refractivity contribution is -0.142. The average Bonchev–Trinajstić information content (AvgIpc) is 2.91. The smallest absolute Gasteiger partial charge is 0.330 e. The summed E-state index contributed by atoms with van der Waals surface area (Å²) in [4.78, 5) is 49.7. The highest BCUT2D eigenvalue weighted by molar-refractivity contribution is 6.09. The van der Waals surface area contributed by atoms with E-state index >= 15 is 0 Å². The topological polar surface area (TPSA) is 116 Å². The first-order chi connectivity index (χ1) is 13.7. The maximum atomic E-state index is 13.2. The van der Waals surface area contributed by atoms with Crippen molar-refractivity contribution in [1.29, 1.82) is 0 Å². The molecule has 1 heterocycles. The fraction of sp³-hybridized carbons (Fsp3) is 0.200. The van der Waals surface area contributed by atoms with Gasteiger partial charge in [-0.2, -0.15) is 0 Å². The van der Waals surface area contributed by atoms with Crippen LogP contribution in [0.3, 0.4) is 0 Å². The van der Waals surface area contributed by atoms with Crippen molar-refractivity contribution in [3.8, 4) is 0 Å². The van der Waals surface area contributed by atoms with Gasteiger partial charge in [-0.25, -0.2) is 14.0 Å². The molecule has 9 heteroatoms. The molecule has 2 aromatic rings. The van der Waals surface area contributed by atoms with Crippen molar-refractivity contribution in [2.75, 3.05) is 6.54 Å². The first kappa shape index (κ1) is 20.0. The van der Waals surface area contributed by atoms with E-state index in [0.717, 1.165) is 12.1 Å². The van der Waals surface area contributed by atoms with Crippen LogP contribution in [0.4, 0.5) is 9.18 Å². The number of nitrogens with one attached hydrogen (secondary N) is 2. The molecule has 0 bridgehead atoms. The van der Waals surface area contributed by atoms with E-state index in [9.17, 15) is 28.7 Å². The monoisotopic (exact) mass is 399 g/mol. The van der Waals surface area contributed by atoms with Crippen LogP contribution in [0.1, 0.15) is 24.1 Å². The Morgan fingerprint density at radius 3 is 2.34 bits per heavy atom. The lowest BCUT2D eigenvalue weighted by atomic mass is 9.92. The molecule has 0 aliphatic carbocycles. The molecule has 1 aliphatic heterocycles. The Morgan fingerprint density at radius 1 is 1.14 bits per heavy atom. The third kappa shape index (κ3) is 3.93. The Balaban J connectivity index is 1.75. The molecule has 4 amide bonds. The lowest BCUT2D eigenvalue weighted by Gasteiger charge is -2.22. The normalized spacial score (nSPS) is 19.6. The SMILES string of the molecule is CC1(c2ccc(F)cc2)NC(=O)N(CC(=O)N[C@@H](C(=O)O)c2ccccc2)C1=O. The number of amides is 4. The minimum atomic E-state index is -1.46. The molecule has 0 spiro atoms. The summed E-state index contributed by atoms with van der Waals surface area (Å²) in [6, 6.07) is 11.0. The summed E-state index contributed by atoms with van der Waals surface area (Å²) in [5, 5.41) is 14.2. The van der Waals surface area contributed by atoms with Gasteiger partial charge in [0.1, 0.15) is 17.9 Å². The molecule has 0 saturated carbocycles. The van der Waals surface area contributed by atoms with Crippen LogP contribution in [0.25, 0.3) is 0 Å². The number of benzene rings is 2. The van der Waals surface area contributed by atoms with Crippen molar-refractivity contribution in [3.05, 3.63) is 71.5 Å². The van der Waals surface area contributed by atoms with Gasteiger partial charge in [-0.15, -0.1) is 0 Å². The van der Waals surface area contributed by atoms with E-state index in [-0.39, 0.29) is 0 Å². The molecule has 1 fully saturated rings. The Bertz CT molecular complexity index is 964. The largest absolute Gasteiger partial charge is 0.479 e. The van der Waals surface area contributed by atoms with Gasteiger partial charge < -0.3 is 15.7 Å². The highest BCUT2D eigenvalue weighted by Crippen LogP contribution is 2.28. The Labute approximate surface area is 165 Å². The first-order valence-corrected chi connectivity index (χ1v) is 8.69. The van der Waals surface area contributed by atoms with E-state index in [1.165, 1.54) is 19.1 Å². The molecule has 0 aromatic heterocycles. The predicted molar refractivity (Wildman–Crippen MR) is 99.0 cm³/mol. The summed E-state index contributed by atoms with van der Waals surface area (Å²) >= 11 is 0. The number of rotatable bonds is 6. The number of hydrogen-bond donors (Lipinski definition) is 3. The second-order valence-corrected chi connectivity index (χ2v) is 6.70. The molecular weight excluding hydrogens is 381 g/mol. The summed E-state index contributed by atoms with van der Waals surface area (Å²) in [5.41, 5.74) is -0.758. The maximum Gasteiger partial charge on any atom is 0.330 e. The fourth-order valence-corrected chi connectivity index (χ4v) is 3.10. The van der Waals surface area contributed by atoms with Crippen molar-refractivity contribution in [1.82, 2.24) is 15.5 Å². The van der Waals surface area contributed by atoms with E-state index in [1.54, 1.807) is 30.3 Å². The average molecular weight is 399 g/mol. The lowest BCUT2D eigenvalue weighted by Crippen LogP contribution is -2.44. The van der Waals surface area contributed by atoms with Gasteiger partial charge in [-0.3, -0.25) is 14.5 Å². The van der Waals surface area contributed by atoms with Crippen molar-refractivity contribution < 1.29 is 28.7 Å². The van der Waals surface area contributed by atoms with Gasteiger partial charge in [0.15, 0.2) is 6.04 Å². The van der Waals surface area contributed by atoms with Crippen molar-refractivity contribution in [2.45, 2.75) is 18.5 Å². The van der Waals surface area contributed by atoms with Crippen LogP contribution in [0, 0.1) is 5.82 Å². The third-order valence-corrected chi connectivity index (χ3v) is 4.68. The molecule has 3 N–H and O–H groups in total. The summed E-state index contributed by atoms with van der Waals surface area (Å²) in [6.07, 6.45) is 0. The zero-order valence-corrected chi connectivity index (χ0v) is 15.4. The van der Waals surface area contributed by atoms with E-state index < -0.39 is 47.8 Å². The standard InChI is InChI=1S/C20H18FN3O5/c1-20(13-7-9-14(21)10-8-13)18(28)24(19(29)23-20)11-15(25)22-16(17(26)27)12-5-3-2-4-6-12/h2-10,16H,11H2,1H3,(H,22,25)(H,23,29)(H,26,27)/t16-,20?/m1/s1. The van der Waals surface area contributed by atoms with Crippen LogP contribution in [0.2, 0.25) is 0 Å². The Kier molecular flexibility index (Phi) is 5.31. The summed E-state index contributed by atoms with van der Waals surface area (Å²) in [7, 11) is 0. The first-order valence-electron chi connectivity index (χ1n) is 8.69. The molecule has 1 saturated heterocycles. The summed E-state index contributed by atoms with van der Waals surface area (Å²) in [6.45, 7) is 0.792. The number of carboxylic acids is 1. The summed E-state index contributed by atoms with van der Waals surface area (Å²) < 4.78 is 13.2. The third-order valence-electron chi connectivity index (χ3n) is 4.68. The number of nitrogens with zero attached hydrogens (tertiary/aromatic N) is 1. The number of carbonyl (C=O) groups is 4. The maximum absolute atomic E-state index is 13.2. The molecule has 2 aromatic carbocycles. The van der Waals surface area contributed by atoms with Crippen LogP contribution in [-0.4, -0.2) is 40.4 Å². The minimum Gasteiger partial charge on any atom is -0.479 e. The predicted octanol–water partition coefficient (Wildman–Crippen LogP) is 1.53. The van der Waals surface area contributed by atoms with Crippen LogP contribution in [0.15, 0.2) is 54.6 Å². The van der Waals surface area contributed by atoms with Crippen molar-refractivity contribution in [2.24, 2.45) is 0 Å². The van der Waals surface area contributed by atoms with E-state index in [1.807, 2.05) is 0 Å². The number of carbonyl (C=O) groups excluding carboxylic acids is 3. The molecule has 1 aliphatic rings. The molecule has 0 radical (unpaired) electrons. The molecule has 1 unspecified atom stereocenters. The molecule has 8 nitrogen and oxygen atoms in total. The Morgan fingerprint density at radius 2 is 1.76 bits per heavy atom. The van der Waals surface area contributed by atoms with E-state index in [4.69, 9.17) is 0 Å². The fourth-order valence-electron chi connectivity index (χ4n) is 3.10. The minimum absolute atomic E-state index is 0.349. The number of halogens is 1. The van der Waals surface area contributed by atoms with Crippen molar-refractivity contribution >= 4 is 23.8 Å². The molecule has 2 atom stereocenters. The zero-order valence-electron chi connectivity index (χ0n) is 15.4. The molecule has 3 rings (SSSR count). The highest BCUT2D eigenvalue weighted by atomic mass is 19.1. The van der Waals surface area contributed by atoms with Crippen molar-refractivity contribution in [3.63, 3.8) is 0 Å². The quantitative estimate of drug-likeness (QED) is 0.637. The van der Waals surface area contributed by atoms with Gasteiger partial charge in [0.2, 0.25) is 5.91 Å². The van der Waals surface area contributed by atoms with Gasteiger partial charge in [0.25, 0.3) is 5.91 Å². The summed E-state index contributed by atoms with van der Waals surface area (Å²) in [5.74, 6) is -3.28. The Hall–Kier alpha value is -3.75. The number of carboxylic acid groups (broad SMARTS) is 1. The van der Waals surface area contributed by atoms with Crippen LogP contribution >= 0.6 is 0 Å². The van der Waals surface area contributed by atoms with Gasteiger partial charge in [0, 0.05) is 0 Å². The molecule has 29 heavy (non-hydrogen) atoms. The number of imide groups is 1. The number of hydrogen-bond acceptors (Lipinski definition) is 4. The second-order valence-electron chi connectivity index (χ2n) is 6.70. The number of urea groups is 1.